The Labute approximate surface area is 101 Å². The Morgan fingerprint density at radius 3 is 2.18 bits per heavy atom. The molecule has 0 saturated carbocycles. The highest BCUT2D eigenvalue weighted by Crippen LogP contribution is 2.25. The molecule has 0 spiro atoms. The Hall–Kier alpha value is -1.74. The van der Waals surface area contributed by atoms with Gasteiger partial charge in [0.2, 0.25) is 0 Å². The van der Waals surface area contributed by atoms with Gasteiger partial charge in [-0.25, -0.2) is 0 Å². The van der Waals surface area contributed by atoms with Gasteiger partial charge in [-0.1, -0.05) is 12.1 Å². The molecule has 0 aliphatic carbocycles. The second-order valence-corrected chi connectivity index (χ2v) is 4.34. The lowest BCUT2D eigenvalue weighted by Crippen LogP contribution is -2.08. The quantitative estimate of drug-likeness (QED) is 0.882. The smallest absolute Gasteiger partial charge is 0.137 e. The normalized spacial score (nSPS) is 12.5. The summed E-state index contributed by atoms with van der Waals surface area (Å²) in [6.07, 6.45) is -0.695. The number of anilines is 1. The van der Waals surface area contributed by atoms with Crippen molar-refractivity contribution in [1.29, 1.82) is 0 Å². The first-order valence-corrected chi connectivity index (χ1v) is 5.59. The lowest BCUT2D eigenvalue weighted by Gasteiger charge is -2.14. The van der Waals surface area contributed by atoms with Crippen LogP contribution in [-0.2, 0) is 0 Å². The van der Waals surface area contributed by atoms with Gasteiger partial charge in [0.25, 0.3) is 0 Å². The number of nitrogens with zero attached hydrogens (tertiary/aromatic N) is 1. The van der Waals surface area contributed by atoms with Gasteiger partial charge in [0.15, 0.2) is 0 Å². The number of hydrogen-bond acceptors (Lipinski definition) is 3. The molecule has 1 aromatic carbocycles. The largest absolute Gasteiger partial charge is 0.463 e. The molecule has 0 saturated heterocycles. The SMILES string of the molecule is Cc1ccc(C(O)c2ccc(N(C)C)cc2)o1. The molecule has 3 nitrogen and oxygen atoms in total. The highest BCUT2D eigenvalue weighted by molar-refractivity contribution is 5.46. The van der Waals surface area contributed by atoms with Crippen molar-refractivity contribution in [2.45, 2.75) is 13.0 Å². The first-order chi connectivity index (χ1) is 8.08. The monoisotopic (exact) mass is 231 g/mol. The minimum atomic E-state index is -0.695. The van der Waals surface area contributed by atoms with Crippen molar-refractivity contribution in [3.63, 3.8) is 0 Å². The molecule has 3 heteroatoms. The number of aliphatic hydroxyl groups excluding tert-OH is 1. The summed E-state index contributed by atoms with van der Waals surface area (Å²) in [5.41, 5.74) is 1.95. The molecular weight excluding hydrogens is 214 g/mol. The molecule has 1 atom stereocenters. The molecule has 0 fully saturated rings. The average Bonchev–Trinajstić information content (AvgIpc) is 2.75. The zero-order valence-corrected chi connectivity index (χ0v) is 10.3. The Morgan fingerprint density at radius 1 is 1.06 bits per heavy atom. The predicted octanol–water partition coefficient (Wildman–Crippen LogP) is 2.74. The molecule has 2 rings (SSSR count). The van der Waals surface area contributed by atoms with E-state index in [1.54, 1.807) is 6.07 Å². The maximum atomic E-state index is 10.1. The Kier molecular flexibility index (Phi) is 3.20. The van der Waals surface area contributed by atoms with E-state index in [0.29, 0.717) is 5.76 Å². The summed E-state index contributed by atoms with van der Waals surface area (Å²) in [6, 6.07) is 11.4. The number of benzene rings is 1. The fraction of sp³-hybridized carbons (Fsp3) is 0.286. The molecule has 0 radical (unpaired) electrons. The molecule has 2 aromatic rings. The van der Waals surface area contributed by atoms with E-state index in [-0.39, 0.29) is 0 Å². The van der Waals surface area contributed by atoms with Gasteiger partial charge in [-0.05, 0) is 36.8 Å². The number of rotatable bonds is 3. The summed E-state index contributed by atoms with van der Waals surface area (Å²) in [5.74, 6) is 1.39. The van der Waals surface area contributed by atoms with Crippen LogP contribution in [0.3, 0.4) is 0 Å². The molecule has 1 N–H and O–H groups in total. The summed E-state index contributed by atoms with van der Waals surface area (Å²) >= 11 is 0. The Balaban J connectivity index is 2.22. The second kappa shape index (κ2) is 4.63. The van der Waals surface area contributed by atoms with E-state index in [4.69, 9.17) is 4.42 Å². The highest BCUT2D eigenvalue weighted by Gasteiger charge is 2.13. The first kappa shape index (κ1) is 11.7. The molecule has 0 bridgehead atoms. The van der Waals surface area contributed by atoms with Crippen molar-refractivity contribution in [2.24, 2.45) is 0 Å². The van der Waals surface area contributed by atoms with Gasteiger partial charge >= 0.3 is 0 Å². The van der Waals surface area contributed by atoms with Crippen LogP contribution in [0.15, 0.2) is 40.8 Å². The highest BCUT2D eigenvalue weighted by atomic mass is 16.4. The third kappa shape index (κ3) is 2.50. The van der Waals surface area contributed by atoms with Crippen molar-refractivity contribution in [3.8, 4) is 0 Å². The van der Waals surface area contributed by atoms with Gasteiger partial charge in [-0.2, -0.15) is 0 Å². The van der Waals surface area contributed by atoms with E-state index in [2.05, 4.69) is 0 Å². The van der Waals surface area contributed by atoms with Gasteiger partial charge in [0.1, 0.15) is 17.6 Å². The number of hydrogen-bond donors (Lipinski definition) is 1. The van der Waals surface area contributed by atoms with E-state index in [9.17, 15) is 5.11 Å². The van der Waals surface area contributed by atoms with E-state index in [1.165, 1.54) is 0 Å². The maximum absolute atomic E-state index is 10.1. The lowest BCUT2D eigenvalue weighted by molar-refractivity contribution is 0.187. The summed E-state index contributed by atoms with van der Waals surface area (Å²) in [7, 11) is 3.97. The number of aliphatic hydroxyl groups is 1. The molecule has 0 aliphatic rings. The van der Waals surface area contributed by atoms with Crippen molar-refractivity contribution in [3.05, 3.63) is 53.5 Å². The van der Waals surface area contributed by atoms with Crippen LogP contribution < -0.4 is 4.90 Å². The minimum Gasteiger partial charge on any atom is -0.463 e. The molecule has 1 heterocycles. The summed E-state index contributed by atoms with van der Waals surface area (Å²) in [4.78, 5) is 2.02. The van der Waals surface area contributed by atoms with Crippen molar-refractivity contribution in [1.82, 2.24) is 0 Å². The van der Waals surface area contributed by atoms with Crippen LogP contribution in [0.4, 0.5) is 5.69 Å². The summed E-state index contributed by atoms with van der Waals surface area (Å²) < 4.78 is 5.42. The van der Waals surface area contributed by atoms with Crippen molar-refractivity contribution in [2.75, 3.05) is 19.0 Å². The third-order valence-electron chi connectivity index (χ3n) is 2.76. The molecule has 90 valence electrons. The summed E-state index contributed by atoms with van der Waals surface area (Å²) in [5, 5.41) is 10.1. The van der Waals surface area contributed by atoms with Crippen molar-refractivity contribution < 1.29 is 9.52 Å². The third-order valence-corrected chi connectivity index (χ3v) is 2.76. The van der Waals surface area contributed by atoms with Crippen LogP contribution in [0.1, 0.15) is 23.2 Å². The van der Waals surface area contributed by atoms with Gasteiger partial charge < -0.3 is 14.4 Å². The van der Waals surface area contributed by atoms with Crippen LogP contribution >= 0.6 is 0 Å². The van der Waals surface area contributed by atoms with E-state index in [0.717, 1.165) is 17.0 Å². The maximum Gasteiger partial charge on any atom is 0.137 e. The number of furan rings is 1. The van der Waals surface area contributed by atoms with Gasteiger partial charge in [0, 0.05) is 19.8 Å². The standard InChI is InChI=1S/C14H17NO2/c1-10-4-9-13(17-10)14(16)11-5-7-12(8-6-11)15(2)3/h4-9,14,16H,1-3H3. The molecule has 1 unspecified atom stereocenters. The molecular formula is C14H17NO2. The number of aryl methyl sites for hydroxylation is 1. The zero-order chi connectivity index (χ0) is 12.4. The topological polar surface area (TPSA) is 36.6 Å². The fourth-order valence-corrected chi connectivity index (χ4v) is 1.72. The van der Waals surface area contributed by atoms with Gasteiger partial charge in [-0.3, -0.25) is 0 Å². The molecule has 0 amide bonds. The van der Waals surface area contributed by atoms with Gasteiger partial charge in [-0.15, -0.1) is 0 Å². The van der Waals surface area contributed by atoms with E-state index in [1.807, 2.05) is 56.3 Å². The zero-order valence-electron chi connectivity index (χ0n) is 10.3. The van der Waals surface area contributed by atoms with E-state index < -0.39 is 6.10 Å². The lowest BCUT2D eigenvalue weighted by atomic mass is 10.1. The molecule has 17 heavy (non-hydrogen) atoms. The predicted molar refractivity (Wildman–Crippen MR) is 68.3 cm³/mol. The first-order valence-electron chi connectivity index (χ1n) is 5.59. The van der Waals surface area contributed by atoms with Crippen LogP contribution in [0.5, 0.6) is 0 Å². The van der Waals surface area contributed by atoms with Crippen LogP contribution in [0, 0.1) is 6.92 Å². The minimum absolute atomic E-state index is 0.583. The van der Waals surface area contributed by atoms with Crippen molar-refractivity contribution >= 4 is 5.69 Å². The van der Waals surface area contributed by atoms with Crippen LogP contribution in [-0.4, -0.2) is 19.2 Å². The summed E-state index contributed by atoms with van der Waals surface area (Å²) in [6.45, 7) is 1.87. The van der Waals surface area contributed by atoms with Gasteiger partial charge in [0.05, 0.1) is 0 Å². The fourth-order valence-electron chi connectivity index (χ4n) is 1.72. The van der Waals surface area contributed by atoms with E-state index >= 15 is 0 Å². The van der Waals surface area contributed by atoms with Crippen LogP contribution in [0.25, 0.3) is 0 Å². The second-order valence-electron chi connectivity index (χ2n) is 4.34. The Morgan fingerprint density at radius 2 is 1.71 bits per heavy atom. The van der Waals surface area contributed by atoms with Crippen LogP contribution in [0.2, 0.25) is 0 Å². The average molecular weight is 231 g/mol. The molecule has 0 aliphatic heterocycles. The molecule has 1 aromatic heterocycles. The Bertz CT molecular complexity index is 485.